The van der Waals surface area contributed by atoms with Gasteiger partial charge in [0.1, 0.15) is 0 Å². The third-order valence-corrected chi connectivity index (χ3v) is 6.49. The molecule has 3 rings (SSSR count). The summed E-state index contributed by atoms with van der Waals surface area (Å²) in [5.74, 6) is -0.461. The van der Waals surface area contributed by atoms with E-state index < -0.39 is 26.4 Å². The molecule has 0 spiro atoms. The second-order valence-electron chi connectivity index (χ2n) is 7.76. The van der Waals surface area contributed by atoms with Gasteiger partial charge in [0.15, 0.2) is 9.84 Å². The van der Waals surface area contributed by atoms with Gasteiger partial charge in [-0.25, -0.2) is 8.42 Å². The summed E-state index contributed by atoms with van der Waals surface area (Å²) in [7, 11) is -3.72. The van der Waals surface area contributed by atoms with Crippen molar-refractivity contribution in [1.82, 2.24) is 9.80 Å². The summed E-state index contributed by atoms with van der Waals surface area (Å²) in [6.07, 6.45) is 2.92. The summed E-state index contributed by atoms with van der Waals surface area (Å²) in [6, 6.07) is 13.1. The molecule has 0 aromatic heterocycles. The fourth-order valence-corrected chi connectivity index (χ4v) is 4.29. The Labute approximate surface area is 186 Å². The number of carbonyl (C=O) groups excluding carboxylic acids is 2. The van der Waals surface area contributed by atoms with E-state index in [2.05, 4.69) is 0 Å². The van der Waals surface area contributed by atoms with Gasteiger partial charge in [0.25, 0.3) is 11.6 Å². The standard InChI is InChI=1S/C22H25N3O6S/c1-32(30,31)20-15-18(14-19(16-20)25(28)29)22(27)24-12-10-23(11-13-24)21(26)9-5-8-17-6-3-2-4-7-17/h2-4,6-7,14-16H,5,8-13H2,1H3. The molecule has 9 nitrogen and oxygen atoms in total. The molecule has 170 valence electrons. The lowest BCUT2D eigenvalue weighted by molar-refractivity contribution is -0.385. The normalized spacial score (nSPS) is 14.3. The summed E-state index contributed by atoms with van der Waals surface area (Å²) in [5, 5.41) is 11.2. The minimum Gasteiger partial charge on any atom is -0.339 e. The molecule has 32 heavy (non-hydrogen) atoms. The van der Waals surface area contributed by atoms with Gasteiger partial charge in [0, 0.05) is 56.6 Å². The molecule has 0 radical (unpaired) electrons. The Morgan fingerprint density at radius 2 is 1.62 bits per heavy atom. The van der Waals surface area contributed by atoms with Gasteiger partial charge < -0.3 is 9.80 Å². The lowest BCUT2D eigenvalue weighted by Gasteiger charge is -2.35. The first-order valence-corrected chi connectivity index (χ1v) is 12.1. The fourth-order valence-electron chi connectivity index (χ4n) is 3.61. The average Bonchev–Trinajstić information content (AvgIpc) is 2.78. The van der Waals surface area contributed by atoms with Gasteiger partial charge in [-0.3, -0.25) is 19.7 Å². The number of nitro groups is 1. The van der Waals surface area contributed by atoms with Crippen LogP contribution >= 0.6 is 0 Å². The Morgan fingerprint density at radius 3 is 2.22 bits per heavy atom. The van der Waals surface area contributed by atoms with Gasteiger partial charge in [-0.2, -0.15) is 0 Å². The number of carbonyl (C=O) groups is 2. The van der Waals surface area contributed by atoms with E-state index in [1.807, 2.05) is 30.3 Å². The number of hydrogen-bond acceptors (Lipinski definition) is 6. The molecule has 1 saturated heterocycles. The van der Waals surface area contributed by atoms with Crippen molar-refractivity contribution < 1.29 is 22.9 Å². The van der Waals surface area contributed by atoms with E-state index >= 15 is 0 Å². The van der Waals surface area contributed by atoms with Gasteiger partial charge in [-0.1, -0.05) is 30.3 Å². The van der Waals surface area contributed by atoms with Gasteiger partial charge in [0.2, 0.25) is 5.91 Å². The van der Waals surface area contributed by atoms with Gasteiger partial charge in [0.05, 0.1) is 9.82 Å². The molecular weight excluding hydrogens is 434 g/mol. The van der Waals surface area contributed by atoms with Gasteiger partial charge in [-0.15, -0.1) is 0 Å². The van der Waals surface area contributed by atoms with Crippen molar-refractivity contribution in [2.75, 3.05) is 32.4 Å². The number of piperazine rings is 1. The molecule has 10 heteroatoms. The Morgan fingerprint density at radius 1 is 1.00 bits per heavy atom. The molecule has 1 aliphatic heterocycles. The largest absolute Gasteiger partial charge is 0.339 e. The van der Waals surface area contributed by atoms with Crippen molar-refractivity contribution in [3.8, 4) is 0 Å². The molecule has 0 atom stereocenters. The highest BCUT2D eigenvalue weighted by Gasteiger charge is 2.27. The predicted octanol–water partition coefficient (Wildman–Crippen LogP) is 2.31. The summed E-state index contributed by atoms with van der Waals surface area (Å²) in [6.45, 7) is 1.29. The molecule has 0 N–H and O–H groups in total. The van der Waals surface area contributed by atoms with Crippen LogP contribution in [0.4, 0.5) is 5.69 Å². The van der Waals surface area contributed by atoms with Crippen LogP contribution in [0.5, 0.6) is 0 Å². The Hall–Kier alpha value is -3.27. The molecule has 0 saturated carbocycles. The minimum atomic E-state index is -3.72. The molecule has 2 aromatic rings. The number of hydrogen-bond donors (Lipinski definition) is 0. The Balaban J connectivity index is 1.59. The maximum absolute atomic E-state index is 12.9. The number of amides is 2. The van der Waals surface area contributed by atoms with E-state index in [4.69, 9.17) is 0 Å². The zero-order valence-corrected chi connectivity index (χ0v) is 18.6. The summed E-state index contributed by atoms with van der Waals surface area (Å²) in [5.41, 5.74) is 0.673. The second-order valence-corrected chi connectivity index (χ2v) is 9.77. The molecule has 2 amide bonds. The number of rotatable bonds is 7. The third-order valence-electron chi connectivity index (χ3n) is 5.40. The lowest BCUT2D eigenvalue weighted by Crippen LogP contribution is -2.50. The maximum atomic E-state index is 12.9. The summed E-state index contributed by atoms with van der Waals surface area (Å²) >= 11 is 0. The van der Waals surface area contributed by atoms with Crippen LogP contribution in [-0.2, 0) is 21.1 Å². The van der Waals surface area contributed by atoms with Crippen LogP contribution in [-0.4, -0.2) is 67.4 Å². The zero-order valence-electron chi connectivity index (χ0n) is 17.8. The van der Waals surface area contributed by atoms with Crippen LogP contribution in [0.25, 0.3) is 0 Å². The quantitative estimate of drug-likeness (QED) is 0.463. The molecule has 2 aromatic carbocycles. The van der Waals surface area contributed by atoms with E-state index in [-0.39, 0.29) is 29.5 Å². The summed E-state index contributed by atoms with van der Waals surface area (Å²) < 4.78 is 23.7. The van der Waals surface area contributed by atoms with Crippen molar-refractivity contribution >= 4 is 27.3 Å². The topological polar surface area (TPSA) is 118 Å². The van der Waals surface area contributed by atoms with Crippen molar-refractivity contribution in [3.63, 3.8) is 0 Å². The van der Waals surface area contributed by atoms with Crippen LogP contribution in [0.15, 0.2) is 53.4 Å². The third kappa shape index (κ3) is 5.91. The lowest BCUT2D eigenvalue weighted by atomic mass is 10.1. The van der Waals surface area contributed by atoms with E-state index in [0.29, 0.717) is 19.5 Å². The van der Waals surface area contributed by atoms with E-state index in [9.17, 15) is 28.1 Å². The smallest absolute Gasteiger partial charge is 0.271 e. The van der Waals surface area contributed by atoms with Crippen molar-refractivity contribution in [1.29, 1.82) is 0 Å². The zero-order chi connectivity index (χ0) is 23.3. The van der Waals surface area contributed by atoms with Crippen LogP contribution in [0, 0.1) is 10.1 Å². The van der Waals surface area contributed by atoms with E-state index in [0.717, 1.165) is 37.3 Å². The van der Waals surface area contributed by atoms with Crippen LogP contribution in [0.3, 0.4) is 0 Å². The van der Waals surface area contributed by atoms with Crippen LogP contribution in [0.2, 0.25) is 0 Å². The molecule has 1 aliphatic rings. The maximum Gasteiger partial charge on any atom is 0.271 e. The van der Waals surface area contributed by atoms with Gasteiger partial charge >= 0.3 is 0 Å². The molecule has 0 aliphatic carbocycles. The Kier molecular flexibility index (Phi) is 7.24. The number of non-ortho nitro benzene ring substituents is 1. The minimum absolute atomic E-state index is 0.0303. The number of sulfone groups is 1. The Bertz CT molecular complexity index is 1110. The average molecular weight is 460 g/mol. The fraction of sp³-hybridized carbons (Fsp3) is 0.364. The van der Waals surface area contributed by atoms with Crippen molar-refractivity contribution in [2.24, 2.45) is 0 Å². The molecule has 1 fully saturated rings. The SMILES string of the molecule is CS(=O)(=O)c1cc(C(=O)N2CCN(C(=O)CCCc3ccccc3)CC2)cc([N+](=O)[O-])c1. The first-order valence-electron chi connectivity index (χ1n) is 10.3. The van der Waals surface area contributed by atoms with Crippen molar-refractivity contribution in [2.45, 2.75) is 24.2 Å². The first-order chi connectivity index (χ1) is 15.1. The molecule has 0 unspecified atom stereocenters. The number of nitrogens with zero attached hydrogens (tertiary/aromatic N) is 3. The number of nitro benzene ring substituents is 1. The van der Waals surface area contributed by atoms with Crippen LogP contribution in [0.1, 0.15) is 28.8 Å². The molecule has 0 bridgehead atoms. The summed E-state index contributed by atoms with van der Waals surface area (Å²) in [4.78, 5) is 38.7. The highest BCUT2D eigenvalue weighted by Crippen LogP contribution is 2.22. The second kappa shape index (κ2) is 9.90. The van der Waals surface area contributed by atoms with Crippen LogP contribution < -0.4 is 0 Å². The predicted molar refractivity (Wildman–Crippen MR) is 118 cm³/mol. The highest BCUT2D eigenvalue weighted by atomic mass is 32.2. The molecule has 1 heterocycles. The first kappa shape index (κ1) is 23.4. The number of aryl methyl sites for hydroxylation is 1. The monoisotopic (exact) mass is 459 g/mol. The van der Waals surface area contributed by atoms with E-state index in [1.54, 1.807) is 4.90 Å². The van der Waals surface area contributed by atoms with Gasteiger partial charge in [-0.05, 0) is 24.5 Å². The molecular formula is C22H25N3O6S. The highest BCUT2D eigenvalue weighted by molar-refractivity contribution is 7.90. The van der Waals surface area contributed by atoms with Crippen molar-refractivity contribution in [3.05, 3.63) is 69.8 Å². The van der Waals surface area contributed by atoms with E-state index in [1.165, 1.54) is 10.5 Å². The number of benzene rings is 2.